The molecule has 0 radical (unpaired) electrons. The van der Waals surface area contributed by atoms with Crippen molar-refractivity contribution in [3.8, 4) is 0 Å². The second kappa shape index (κ2) is 5.77. The van der Waals surface area contributed by atoms with Crippen LogP contribution in [0.15, 0.2) is 0 Å². The number of anilines is 2. The van der Waals surface area contributed by atoms with E-state index in [1.54, 1.807) is 7.05 Å². The lowest BCUT2D eigenvalue weighted by atomic mass is 9.78. The van der Waals surface area contributed by atoms with Gasteiger partial charge in [0.25, 0.3) is 5.91 Å². The highest BCUT2D eigenvalue weighted by Crippen LogP contribution is 2.30. The lowest BCUT2D eigenvalue weighted by Crippen LogP contribution is -2.43. The summed E-state index contributed by atoms with van der Waals surface area (Å²) in [5.41, 5.74) is 5.78. The summed E-state index contributed by atoms with van der Waals surface area (Å²) in [7, 11) is 1.77. The van der Waals surface area contributed by atoms with Gasteiger partial charge in [-0.25, -0.2) is 4.98 Å². The van der Waals surface area contributed by atoms with E-state index in [2.05, 4.69) is 29.5 Å². The molecule has 19 heavy (non-hydrogen) atoms. The van der Waals surface area contributed by atoms with Crippen molar-refractivity contribution in [2.75, 3.05) is 18.1 Å². The van der Waals surface area contributed by atoms with Crippen molar-refractivity contribution in [1.82, 2.24) is 10.3 Å². The highest BCUT2D eigenvalue weighted by Gasteiger charge is 2.29. The van der Waals surface area contributed by atoms with Gasteiger partial charge in [-0.2, -0.15) is 0 Å². The topological polar surface area (TPSA) is 80.0 Å². The lowest BCUT2D eigenvalue weighted by molar-refractivity contribution is 0.0896. The monoisotopic (exact) mass is 282 g/mol. The summed E-state index contributed by atoms with van der Waals surface area (Å²) >= 11 is 1.30. The zero-order valence-corrected chi connectivity index (χ0v) is 12.5. The predicted molar refractivity (Wildman–Crippen MR) is 79.5 cm³/mol. The minimum Gasteiger partial charge on any atom is -0.382 e. The first-order valence-electron chi connectivity index (χ1n) is 6.77. The van der Waals surface area contributed by atoms with E-state index in [9.17, 15) is 4.79 Å². The van der Waals surface area contributed by atoms with Gasteiger partial charge >= 0.3 is 0 Å². The molecule has 6 heteroatoms. The van der Waals surface area contributed by atoms with Crippen LogP contribution in [0.1, 0.15) is 42.8 Å². The first-order chi connectivity index (χ1) is 9.02. The van der Waals surface area contributed by atoms with Crippen molar-refractivity contribution in [1.29, 1.82) is 0 Å². The summed E-state index contributed by atoms with van der Waals surface area (Å²) in [4.78, 5) is 16.9. The van der Waals surface area contributed by atoms with E-state index in [0.717, 1.165) is 6.42 Å². The van der Waals surface area contributed by atoms with E-state index < -0.39 is 0 Å². The van der Waals surface area contributed by atoms with Gasteiger partial charge < -0.3 is 16.4 Å². The van der Waals surface area contributed by atoms with Crippen LogP contribution in [0.2, 0.25) is 0 Å². The van der Waals surface area contributed by atoms with Crippen LogP contribution in [0, 0.1) is 11.8 Å². The second-order valence-corrected chi connectivity index (χ2v) is 6.33. The van der Waals surface area contributed by atoms with Gasteiger partial charge in [0.15, 0.2) is 5.13 Å². The van der Waals surface area contributed by atoms with Crippen molar-refractivity contribution in [3.63, 3.8) is 0 Å². The van der Waals surface area contributed by atoms with Crippen LogP contribution in [0.3, 0.4) is 0 Å². The quantitative estimate of drug-likeness (QED) is 0.795. The van der Waals surface area contributed by atoms with Gasteiger partial charge in [0.2, 0.25) is 0 Å². The summed E-state index contributed by atoms with van der Waals surface area (Å²) in [5.74, 6) is 1.38. The number of nitrogens with one attached hydrogen (secondary N) is 2. The highest BCUT2D eigenvalue weighted by atomic mass is 32.1. The third kappa shape index (κ3) is 3.00. The third-order valence-corrected chi connectivity index (χ3v) is 5.18. The maximum Gasteiger partial charge on any atom is 0.265 e. The van der Waals surface area contributed by atoms with E-state index in [-0.39, 0.29) is 11.9 Å². The molecule has 1 aliphatic carbocycles. The van der Waals surface area contributed by atoms with E-state index in [1.807, 2.05) is 0 Å². The number of amides is 1. The summed E-state index contributed by atoms with van der Waals surface area (Å²) in [6, 6.07) is 0.246. The van der Waals surface area contributed by atoms with Crippen LogP contribution >= 0.6 is 11.3 Å². The molecule has 1 aromatic rings. The Morgan fingerprint density at radius 2 is 2.16 bits per heavy atom. The fourth-order valence-electron chi connectivity index (χ4n) is 2.62. The van der Waals surface area contributed by atoms with Crippen molar-refractivity contribution in [3.05, 3.63) is 4.88 Å². The number of hydrogen-bond acceptors (Lipinski definition) is 5. The number of carbonyl (C=O) groups excluding carboxylic acids is 1. The Labute approximate surface area is 118 Å². The fourth-order valence-corrected chi connectivity index (χ4v) is 3.36. The average Bonchev–Trinajstić information content (AvgIpc) is 2.76. The molecule has 2 rings (SSSR count). The first kappa shape index (κ1) is 14.1. The molecule has 4 N–H and O–H groups in total. The highest BCUT2D eigenvalue weighted by molar-refractivity contribution is 7.18. The maximum atomic E-state index is 12.3. The molecule has 0 aromatic carbocycles. The molecule has 0 spiro atoms. The molecule has 0 bridgehead atoms. The number of hydrogen-bond donors (Lipinski definition) is 3. The van der Waals surface area contributed by atoms with Crippen molar-refractivity contribution in [2.45, 2.75) is 39.2 Å². The molecule has 0 saturated heterocycles. The van der Waals surface area contributed by atoms with E-state index in [0.29, 0.717) is 27.7 Å². The molecule has 1 saturated carbocycles. The van der Waals surface area contributed by atoms with E-state index in [1.165, 1.54) is 24.2 Å². The SMILES string of the molecule is CNc1nc(N)c(C(=O)NC2CCCC(C)C2C)s1. The van der Waals surface area contributed by atoms with Crippen LogP contribution in [0.4, 0.5) is 10.9 Å². The van der Waals surface area contributed by atoms with Gasteiger partial charge in [0.1, 0.15) is 10.7 Å². The summed E-state index contributed by atoms with van der Waals surface area (Å²) < 4.78 is 0. The van der Waals surface area contributed by atoms with Gasteiger partial charge in [-0.1, -0.05) is 38.0 Å². The molecule has 1 aliphatic rings. The van der Waals surface area contributed by atoms with Crippen molar-refractivity contribution < 1.29 is 4.79 Å². The Morgan fingerprint density at radius 1 is 1.42 bits per heavy atom. The molecular weight excluding hydrogens is 260 g/mol. The second-order valence-electron chi connectivity index (χ2n) is 5.33. The fraction of sp³-hybridized carbons (Fsp3) is 0.692. The Hall–Kier alpha value is -1.30. The van der Waals surface area contributed by atoms with Crippen LogP contribution in [0.5, 0.6) is 0 Å². The standard InChI is InChI=1S/C13H22N4OS/c1-7-5-4-6-9(8(7)2)16-12(18)10-11(14)17-13(15-3)19-10/h7-9H,4-6,14H2,1-3H3,(H,15,17)(H,16,18). The van der Waals surface area contributed by atoms with E-state index in [4.69, 9.17) is 5.73 Å². The molecule has 1 aromatic heterocycles. The average molecular weight is 282 g/mol. The molecule has 1 amide bonds. The number of rotatable bonds is 3. The number of aromatic nitrogens is 1. The van der Waals surface area contributed by atoms with Crippen LogP contribution in [0.25, 0.3) is 0 Å². The lowest BCUT2D eigenvalue weighted by Gasteiger charge is -2.34. The Balaban J connectivity index is 2.05. The zero-order valence-electron chi connectivity index (χ0n) is 11.7. The predicted octanol–water partition coefficient (Wildman–Crippen LogP) is 2.32. The van der Waals surface area contributed by atoms with Crippen LogP contribution in [-0.2, 0) is 0 Å². The minimum atomic E-state index is -0.0950. The molecule has 106 valence electrons. The van der Waals surface area contributed by atoms with Crippen LogP contribution in [-0.4, -0.2) is 24.0 Å². The molecule has 1 heterocycles. The molecule has 1 fully saturated rings. The number of nitrogen functional groups attached to an aromatic ring is 1. The molecule has 3 unspecified atom stereocenters. The number of carbonyl (C=O) groups is 1. The van der Waals surface area contributed by atoms with Gasteiger partial charge in [-0.05, 0) is 18.3 Å². The Kier molecular flexibility index (Phi) is 4.29. The first-order valence-corrected chi connectivity index (χ1v) is 7.59. The van der Waals surface area contributed by atoms with Crippen molar-refractivity contribution >= 4 is 28.2 Å². The third-order valence-electron chi connectivity index (χ3n) is 4.10. The van der Waals surface area contributed by atoms with Gasteiger partial charge in [-0.3, -0.25) is 4.79 Å². The molecule has 5 nitrogen and oxygen atoms in total. The Morgan fingerprint density at radius 3 is 2.79 bits per heavy atom. The summed E-state index contributed by atoms with van der Waals surface area (Å²) in [6.45, 7) is 4.47. The van der Waals surface area contributed by atoms with Crippen molar-refractivity contribution in [2.24, 2.45) is 11.8 Å². The smallest absolute Gasteiger partial charge is 0.265 e. The number of thiazole rings is 1. The molecular formula is C13H22N4OS. The Bertz CT molecular complexity index is 459. The van der Waals surface area contributed by atoms with Gasteiger partial charge in [0.05, 0.1) is 0 Å². The number of nitrogens with zero attached hydrogens (tertiary/aromatic N) is 1. The number of nitrogens with two attached hydrogens (primary N) is 1. The normalized spacial score (nSPS) is 27.0. The van der Waals surface area contributed by atoms with Gasteiger partial charge in [-0.15, -0.1) is 0 Å². The summed E-state index contributed by atoms with van der Waals surface area (Å²) in [5, 5.41) is 6.70. The maximum absolute atomic E-state index is 12.3. The van der Waals surface area contributed by atoms with E-state index >= 15 is 0 Å². The van der Waals surface area contributed by atoms with Crippen LogP contribution < -0.4 is 16.4 Å². The zero-order chi connectivity index (χ0) is 14.0. The summed E-state index contributed by atoms with van der Waals surface area (Å²) in [6.07, 6.45) is 3.48. The van der Waals surface area contributed by atoms with Gasteiger partial charge in [0, 0.05) is 13.1 Å². The molecule has 0 aliphatic heterocycles. The minimum absolute atomic E-state index is 0.0950. The largest absolute Gasteiger partial charge is 0.382 e. The molecule has 3 atom stereocenters.